The Labute approximate surface area is 126 Å². The predicted molar refractivity (Wildman–Crippen MR) is 81.8 cm³/mol. The summed E-state index contributed by atoms with van der Waals surface area (Å²) in [6.45, 7) is 2.54. The molecule has 7 nitrogen and oxygen atoms in total. The van der Waals surface area contributed by atoms with Gasteiger partial charge < -0.3 is 5.32 Å². The zero-order valence-corrected chi connectivity index (χ0v) is 11.9. The van der Waals surface area contributed by atoms with E-state index in [0.29, 0.717) is 18.1 Å². The Morgan fingerprint density at radius 1 is 1.14 bits per heavy atom. The van der Waals surface area contributed by atoms with Crippen LogP contribution in [-0.2, 0) is 6.54 Å². The van der Waals surface area contributed by atoms with Gasteiger partial charge in [0.25, 0.3) is 5.69 Å². The van der Waals surface area contributed by atoms with Gasteiger partial charge in [-0.2, -0.15) is 0 Å². The van der Waals surface area contributed by atoms with Crippen LogP contribution in [0.3, 0.4) is 0 Å². The summed E-state index contributed by atoms with van der Waals surface area (Å²) in [5, 5.41) is 23.8. The smallest absolute Gasteiger partial charge is 0.292 e. The fraction of sp³-hybridized carbons (Fsp3) is 0.133. The summed E-state index contributed by atoms with van der Waals surface area (Å²) >= 11 is 0. The second kappa shape index (κ2) is 5.72. The van der Waals surface area contributed by atoms with E-state index < -0.39 is 4.92 Å². The Balaban J connectivity index is 2.13. The first-order chi connectivity index (χ1) is 10.7. The zero-order valence-electron chi connectivity index (χ0n) is 11.9. The normalized spacial score (nSPS) is 10.6. The maximum Gasteiger partial charge on any atom is 0.292 e. The number of hydrogen-bond donors (Lipinski definition) is 1. The molecule has 3 aromatic rings. The molecule has 3 rings (SSSR count). The molecule has 0 bridgehead atoms. The Bertz CT molecular complexity index is 850. The molecular formula is C15H14N5O2+. The summed E-state index contributed by atoms with van der Waals surface area (Å²) < 4.78 is 0. The molecule has 0 unspecified atom stereocenters. The van der Waals surface area contributed by atoms with Gasteiger partial charge >= 0.3 is 0 Å². The van der Waals surface area contributed by atoms with Crippen LogP contribution in [-0.4, -0.2) is 15.1 Å². The van der Waals surface area contributed by atoms with Crippen molar-refractivity contribution in [2.45, 2.75) is 13.5 Å². The number of anilines is 2. The SMILES string of the molecule is CC[n+]1nc(Nc2ccccc2[N+](=O)[O-])c2ccccc2n1. The molecule has 0 saturated heterocycles. The van der Waals surface area contributed by atoms with Gasteiger partial charge in [0.1, 0.15) is 11.2 Å². The molecule has 0 aliphatic carbocycles. The number of nitro groups is 1. The quantitative estimate of drug-likeness (QED) is 0.454. The van der Waals surface area contributed by atoms with Crippen LogP contribution in [0.1, 0.15) is 6.92 Å². The van der Waals surface area contributed by atoms with Crippen LogP contribution in [0.4, 0.5) is 17.2 Å². The molecule has 0 amide bonds. The first-order valence-corrected chi connectivity index (χ1v) is 6.86. The van der Waals surface area contributed by atoms with Crippen molar-refractivity contribution < 1.29 is 9.72 Å². The molecule has 1 N–H and O–H groups in total. The minimum Gasteiger partial charge on any atom is -0.329 e. The predicted octanol–water partition coefficient (Wildman–Crippen LogP) is 2.59. The molecule has 2 aromatic carbocycles. The van der Waals surface area contributed by atoms with Gasteiger partial charge in [-0.25, -0.2) is 0 Å². The van der Waals surface area contributed by atoms with E-state index in [1.165, 1.54) is 6.07 Å². The Hall–Kier alpha value is -3.09. The minimum absolute atomic E-state index is 0.00763. The third kappa shape index (κ3) is 2.56. The lowest BCUT2D eigenvalue weighted by Gasteiger charge is -2.06. The highest BCUT2D eigenvalue weighted by molar-refractivity contribution is 5.90. The van der Waals surface area contributed by atoms with Crippen LogP contribution < -0.4 is 10.1 Å². The fourth-order valence-electron chi connectivity index (χ4n) is 2.18. The van der Waals surface area contributed by atoms with Crippen LogP contribution in [0.2, 0.25) is 0 Å². The summed E-state index contributed by atoms with van der Waals surface area (Å²) in [5.74, 6) is 0.543. The monoisotopic (exact) mass is 296 g/mol. The molecule has 0 fully saturated rings. The minimum atomic E-state index is -0.417. The lowest BCUT2D eigenvalue weighted by Crippen LogP contribution is -2.41. The third-order valence-electron chi connectivity index (χ3n) is 3.23. The van der Waals surface area contributed by atoms with Crippen LogP contribution in [0, 0.1) is 10.1 Å². The van der Waals surface area contributed by atoms with Crippen LogP contribution in [0.5, 0.6) is 0 Å². The van der Waals surface area contributed by atoms with Crippen LogP contribution >= 0.6 is 0 Å². The highest BCUT2D eigenvalue weighted by atomic mass is 16.6. The molecule has 0 atom stereocenters. The molecule has 0 spiro atoms. The maximum atomic E-state index is 11.1. The summed E-state index contributed by atoms with van der Waals surface area (Å²) in [5.41, 5.74) is 1.19. The average molecular weight is 296 g/mol. The summed E-state index contributed by atoms with van der Waals surface area (Å²) in [6, 6.07) is 14.0. The average Bonchev–Trinajstić information content (AvgIpc) is 2.55. The van der Waals surface area contributed by atoms with Crippen molar-refractivity contribution in [2.75, 3.05) is 5.32 Å². The zero-order chi connectivity index (χ0) is 15.5. The lowest BCUT2D eigenvalue weighted by atomic mass is 10.2. The number of benzene rings is 2. The molecule has 1 heterocycles. The standard InChI is InChI=1S/C15H14N5O2/c1-2-19-17-12-8-4-3-7-11(12)15(18-19)16-13-9-5-6-10-14(13)20(21)22/h3-10H,2H2,1H3,(H,16,17,18)/q+1. The summed E-state index contributed by atoms with van der Waals surface area (Å²) in [7, 11) is 0. The van der Waals surface area contributed by atoms with Crippen molar-refractivity contribution in [2.24, 2.45) is 0 Å². The number of fused-ring (bicyclic) bond motifs is 1. The number of aromatic nitrogens is 3. The van der Waals surface area contributed by atoms with Gasteiger partial charge in [0, 0.05) is 28.0 Å². The molecule has 0 radical (unpaired) electrons. The number of aryl methyl sites for hydroxylation is 1. The Kier molecular flexibility index (Phi) is 3.61. The molecule has 110 valence electrons. The van der Waals surface area contributed by atoms with E-state index in [-0.39, 0.29) is 5.69 Å². The number of rotatable bonds is 4. The third-order valence-corrected chi connectivity index (χ3v) is 3.23. The van der Waals surface area contributed by atoms with E-state index in [2.05, 4.69) is 15.5 Å². The number of nitrogens with one attached hydrogen (secondary N) is 1. The van der Waals surface area contributed by atoms with Gasteiger partial charge in [-0.05, 0) is 18.2 Å². The van der Waals surface area contributed by atoms with E-state index in [1.54, 1.807) is 23.0 Å². The van der Waals surface area contributed by atoms with E-state index in [0.717, 1.165) is 10.9 Å². The van der Waals surface area contributed by atoms with Crippen molar-refractivity contribution in [3.05, 3.63) is 58.6 Å². The van der Waals surface area contributed by atoms with Gasteiger partial charge in [0.05, 0.1) is 10.3 Å². The summed E-state index contributed by atoms with van der Waals surface area (Å²) in [4.78, 5) is 12.3. The van der Waals surface area contributed by atoms with Crippen molar-refractivity contribution in [3.8, 4) is 0 Å². The number of para-hydroxylation sites is 2. The Morgan fingerprint density at radius 3 is 2.64 bits per heavy atom. The van der Waals surface area contributed by atoms with Crippen molar-refractivity contribution in [1.29, 1.82) is 0 Å². The van der Waals surface area contributed by atoms with Gasteiger partial charge in [-0.3, -0.25) is 10.1 Å². The van der Waals surface area contributed by atoms with Gasteiger partial charge in [0.2, 0.25) is 12.4 Å². The molecule has 0 saturated carbocycles. The summed E-state index contributed by atoms with van der Waals surface area (Å²) in [6.07, 6.45) is 0. The first-order valence-electron chi connectivity index (χ1n) is 6.86. The van der Waals surface area contributed by atoms with Crippen LogP contribution in [0.25, 0.3) is 10.9 Å². The van der Waals surface area contributed by atoms with Crippen LogP contribution in [0.15, 0.2) is 48.5 Å². The van der Waals surface area contributed by atoms with Crippen molar-refractivity contribution in [3.63, 3.8) is 0 Å². The first kappa shape index (κ1) is 13.9. The number of nitrogens with zero attached hydrogens (tertiary/aromatic N) is 4. The molecule has 22 heavy (non-hydrogen) atoms. The topological polar surface area (TPSA) is 84.8 Å². The van der Waals surface area contributed by atoms with Crippen molar-refractivity contribution >= 4 is 28.1 Å². The molecular weight excluding hydrogens is 282 g/mol. The highest BCUT2D eigenvalue weighted by Gasteiger charge is 2.17. The van der Waals surface area contributed by atoms with E-state index in [9.17, 15) is 10.1 Å². The second-order valence-corrected chi connectivity index (χ2v) is 4.65. The lowest BCUT2D eigenvalue weighted by molar-refractivity contribution is -0.801. The maximum absolute atomic E-state index is 11.1. The molecule has 0 aliphatic rings. The fourth-order valence-corrected chi connectivity index (χ4v) is 2.18. The molecule has 0 aliphatic heterocycles. The second-order valence-electron chi connectivity index (χ2n) is 4.65. The van der Waals surface area contributed by atoms with Gasteiger partial charge in [0.15, 0.2) is 0 Å². The largest absolute Gasteiger partial charge is 0.329 e. The van der Waals surface area contributed by atoms with E-state index in [1.807, 2.05) is 31.2 Å². The van der Waals surface area contributed by atoms with Crippen molar-refractivity contribution in [1.82, 2.24) is 10.2 Å². The molecule has 1 aromatic heterocycles. The number of hydrogen-bond acceptors (Lipinski definition) is 5. The van der Waals surface area contributed by atoms with Gasteiger partial charge in [-0.1, -0.05) is 24.3 Å². The van der Waals surface area contributed by atoms with Gasteiger partial charge in [-0.15, -0.1) is 0 Å². The number of nitro benzene ring substituents is 1. The molecule has 7 heteroatoms. The van der Waals surface area contributed by atoms with E-state index >= 15 is 0 Å². The van der Waals surface area contributed by atoms with E-state index in [4.69, 9.17) is 0 Å². The Morgan fingerprint density at radius 2 is 1.86 bits per heavy atom. The highest BCUT2D eigenvalue weighted by Crippen LogP contribution is 2.28.